The van der Waals surface area contributed by atoms with Crippen molar-refractivity contribution in [2.24, 2.45) is 11.7 Å². The number of nitrogens with one attached hydrogen (secondary N) is 1. The van der Waals surface area contributed by atoms with Gasteiger partial charge in [-0.25, -0.2) is 4.98 Å². The van der Waals surface area contributed by atoms with E-state index in [2.05, 4.69) is 20.8 Å². The molecule has 0 spiro atoms. The van der Waals surface area contributed by atoms with Crippen LogP contribution in [-0.4, -0.2) is 29.0 Å². The molecule has 1 amide bonds. The molecule has 0 saturated carbocycles. The molecule has 3 aromatic rings. The van der Waals surface area contributed by atoms with E-state index < -0.39 is 5.91 Å². The quantitative estimate of drug-likeness (QED) is 0.676. The molecule has 0 unspecified atom stereocenters. The molecule has 1 aliphatic heterocycles. The first-order chi connectivity index (χ1) is 13.9. The first-order valence-corrected chi connectivity index (χ1v) is 10.9. The van der Waals surface area contributed by atoms with Gasteiger partial charge in [-0.05, 0) is 62.4 Å². The number of hydrogen-bond acceptors (Lipinski definition) is 5. The molecule has 1 aliphatic rings. The molecule has 0 radical (unpaired) electrons. The van der Waals surface area contributed by atoms with Gasteiger partial charge >= 0.3 is 0 Å². The molecule has 3 N–H and O–H groups in total. The number of fused-ring (bicyclic) bond motifs is 1. The molecular weight excluding hydrogens is 384 g/mol. The van der Waals surface area contributed by atoms with E-state index in [-0.39, 0.29) is 0 Å². The number of carbonyl (C=O) groups excluding carboxylic acids is 1. The highest BCUT2D eigenvalue weighted by Crippen LogP contribution is 2.36. The second kappa shape index (κ2) is 8.08. The third-order valence-corrected chi connectivity index (χ3v) is 6.89. The van der Waals surface area contributed by atoms with Crippen LogP contribution in [0.2, 0.25) is 0 Å². The number of primary amides is 1. The molecule has 4 rings (SSSR count). The van der Waals surface area contributed by atoms with Crippen LogP contribution < -0.4 is 15.4 Å². The van der Waals surface area contributed by atoms with Crippen LogP contribution in [0.3, 0.4) is 0 Å². The van der Waals surface area contributed by atoms with Crippen molar-refractivity contribution in [3.8, 4) is 11.6 Å². The number of aryl methyl sites for hydroxylation is 2. The fourth-order valence-corrected chi connectivity index (χ4v) is 4.82. The lowest BCUT2D eigenvalue weighted by molar-refractivity contribution is -0.920. The second-order valence-electron chi connectivity index (χ2n) is 8.01. The average Bonchev–Trinajstić information content (AvgIpc) is 2.98. The van der Waals surface area contributed by atoms with E-state index in [4.69, 9.17) is 20.4 Å². The van der Waals surface area contributed by atoms with E-state index in [0.29, 0.717) is 17.2 Å². The number of nitrogens with two attached hydrogens (primary N) is 1. The maximum absolute atomic E-state index is 11.3. The van der Waals surface area contributed by atoms with Crippen molar-refractivity contribution in [1.29, 1.82) is 0 Å². The van der Waals surface area contributed by atoms with Crippen LogP contribution in [0.15, 0.2) is 24.3 Å². The predicted molar refractivity (Wildman–Crippen MR) is 115 cm³/mol. The number of piperidine rings is 1. The van der Waals surface area contributed by atoms with E-state index in [1.807, 2.05) is 0 Å². The van der Waals surface area contributed by atoms with E-state index >= 15 is 0 Å². The van der Waals surface area contributed by atoms with E-state index in [0.717, 1.165) is 47.2 Å². The van der Waals surface area contributed by atoms with Gasteiger partial charge in [-0.3, -0.25) is 4.79 Å². The maximum Gasteiger partial charge on any atom is 0.248 e. The smallest absolute Gasteiger partial charge is 0.248 e. The summed E-state index contributed by atoms with van der Waals surface area (Å²) in [6.07, 6.45) is 2.51. The van der Waals surface area contributed by atoms with Crippen molar-refractivity contribution >= 4 is 27.5 Å². The van der Waals surface area contributed by atoms with Gasteiger partial charge < -0.3 is 15.4 Å². The number of amides is 1. The molecule has 0 bridgehead atoms. The van der Waals surface area contributed by atoms with E-state index in [1.165, 1.54) is 22.6 Å². The Morgan fingerprint density at radius 1 is 1.21 bits per heavy atom. The zero-order valence-corrected chi connectivity index (χ0v) is 17.9. The largest absolute Gasteiger partial charge is 0.438 e. The summed E-state index contributed by atoms with van der Waals surface area (Å²) < 4.78 is 6.16. The number of likely N-dealkylation sites (tertiary alicyclic amines) is 1. The summed E-state index contributed by atoms with van der Waals surface area (Å²) in [5, 5.41) is 0.970. The molecule has 29 heavy (non-hydrogen) atoms. The molecule has 0 aliphatic carbocycles. The summed E-state index contributed by atoms with van der Waals surface area (Å²) >= 11 is 1.68. The lowest BCUT2D eigenvalue weighted by Crippen LogP contribution is -3.11. The topological polar surface area (TPSA) is 82.5 Å². The molecule has 1 aromatic carbocycles. The SMILES string of the molecule is Cc1sc2nc(C[NH+]3CCC(C)CC3)nc(Oc3ccc(C(N)=O)cc3)c2c1C. The van der Waals surface area contributed by atoms with Gasteiger partial charge in [0, 0.05) is 10.4 Å². The van der Waals surface area contributed by atoms with Crippen molar-refractivity contribution in [1.82, 2.24) is 9.97 Å². The highest BCUT2D eigenvalue weighted by Gasteiger charge is 2.22. The molecule has 1 saturated heterocycles. The predicted octanol–water partition coefficient (Wildman–Crippen LogP) is 3.01. The summed E-state index contributed by atoms with van der Waals surface area (Å²) in [4.78, 5) is 24.7. The van der Waals surface area contributed by atoms with Crippen LogP contribution >= 0.6 is 11.3 Å². The van der Waals surface area contributed by atoms with Gasteiger partial charge in [-0.2, -0.15) is 4.98 Å². The summed E-state index contributed by atoms with van der Waals surface area (Å²) in [6, 6.07) is 6.84. The number of thiophene rings is 1. The third kappa shape index (κ3) is 4.26. The Morgan fingerprint density at radius 3 is 2.55 bits per heavy atom. The van der Waals surface area contributed by atoms with Crippen LogP contribution in [-0.2, 0) is 6.54 Å². The van der Waals surface area contributed by atoms with Crippen molar-refractivity contribution in [2.45, 2.75) is 40.2 Å². The van der Waals surface area contributed by atoms with Gasteiger partial charge in [0.2, 0.25) is 11.8 Å². The number of ether oxygens (including phenoxy) is 1. The van der Waals surface area contributed by atoms with Crippen LogP contribution in [0, 0.1) is 19.8 Å². The van der Waals surface area contributed by atoms with Crippen molar-refractivity contribution in [3.63, 3.8) is 0 Å². The molecule has 0 atom stereocenters. The van der Waals surface area contributed by atoms with Crippen LogP contribution in [0.1, 0.15) is 46.4 Å². The standard InChI is InChI=1S/C22H26N4O2S/c1-13-8-10-26(11-9-13)12-18-24-21(19-14(2)15(3)29-22(19)25-18)28-17-6-4-16(5-7-17)20(23)27/h4-7,13H,8-12H2,1-3H3,(H2,23,27)/p+1. The molecule has 2 aromatic heterocycles. The molecule has 152 valence electrons. The Labute approximate surface area is 174 Å². The highest BCUT2D eigenvalue weighted by molar-refractivity contribution is 7.18. The zero-order valence-electron chi connectivity index (χ0n) is 17.1. The Balaban J connectivity index is 1.66. The number of nitrogens with zero attached hydrogens (tertiary/aromatic N) is 2. The monoisotopic (exact) mass is 411 g/mol. The average molecular weight is 412 g/mol. The lowest BCUT2D eigenvalue weighted by Gasteiger charge is -2.26. The van der Waals surface area contributed by atoms with Crippen molar-refractivity contribution in [2.75, 3.05) is 13.1 Å². The highest BCUT2D eigenvalue weighted by atomic mass is 32.1. The number of rotatable bonds is 5. The van der Waals surface area contributed by atoms with Crippen molar-refractivity contribution < 1.29 is 14.4 Å². The van der Waals surface area contributed by atoms with E-state index in [1.54, 1.807) is 35.6 Å². The maximum atomic E-state index is 11.3. The van der Waals surface area contributed by atoms with Gasteiger partial charge in [-0.15, -0.1) is 11.3 Å². The van der Waals surface area contributed by atoms with E-state index in [9.17, 15) is 4.79 Å². The summed E-state index contributed by atoms with van der Waals surface area (Å²) in [7, 11) is 0. The Morgan fingerprint density at radius 2 is 1.90 bits per heavy atom. The minimum Gasteiger partial charge on any atom is -0.438 e. The molecule has 3 heterocycles. The normalized spacial score (nSPS) is 19.4. The van der Waals surface area contributed by atoms with Crippen LogP contribution in [0.25, 0.3) is 10.2 Å². The van der Waals surface area contributed by atoms with Crippen LogP contribution in [0.5, 0.6) is 11.6 Å². The summed E-state index contributed by atoms with van der Waals surface area (Å²) in [6.45, 7) is 9.65. The second-order valence-corrected chi connectivity index (χ2v) is 9.21. The first-order valence-electron chi connectivity index (χ1n) is 10.1. The Hall–Kier alpha value is -2.51. The minimum absolute atomic E-state index is 0.452. The van der Waals surface area contributed by atoms with Gasteiger partial charge in [0.05, 0.1) is 18.5 Å². The Kier molecular flexibility index (Phi) is 5.52. The molecular formula is C22H27N4O2S+. The summed E-state index contributed by atoms with van der Waals surface area (Å²) in [5.41, 5.74) is 6.94. The third-order valence-electron chi connectivity index (χ3n) is 5.78. The molecule has 1 fully saturated rings. The lowest BCUT2D eigenvalue weighted by atomic mass is 9.99. The number of aromatic nitrogens is 2. The Bertz CT molecular complexity index is 1040. The minimum atomic E-state index is -0.452. The fourth-order valence-electron chi connectivity index (χ4n) is 3.78. The van der Waals surface area contributed by atoms with Crippen molar-refractivity contribution in [3.05, 3.63) is 46.1 Å². The van der Waals surface area contributed by atoms with Gasteiger partial charge in [0.1, 0.15) is 17.1 Å². The molecule has 7 heteroatoms. The molecule has 6 nitrogen and oxygen atoms in total. The van der Waals surface area contributed by atoms with Crippen LogP contribution in [0.4, 0.5) is 0 Å². The fraction of sp³-hybridized carbons (Fsp3) is 0.409. The van der Waals surface area contributed by atoms with Gasteiger partial charge in [0.15, 0.2) is 5.82 Å². The number of quaternary nitrogens is 1. The van der Waals surface area contributed by atoms with Gasteiger partial charge in [-0.1, -0.05) is 6.92 Å². The summed E-state index contributed by atoms with van der Waals surface area (Å²) in [5.74, 6) is 2.40. The first kappa shape index (κ1) is 19.8. The van der Waals surface area contributed by atoms with Gasteiger partial charge in [0.25, 0.3) is 0 Å². The number of carbonyl (C=O) groups is 1. The number of benzene rings is 1. The zero-order chi connectivity index (χ0) is 20.5. The number of hydrogen-bond donors (Lipinski definition) is 2.